The number of nitrogens with zero attached hydrogens (tertiary/aromatic N) is 5. The summed E-state index contributed by atoms with van der Waals surface area (Å²) >= 11 is 1.12. The maximum atomic E-state index is 15.8. The van der Waals surface area contributed by atoms with Crippen molar-refractivity contribution in [2.45, 2.75) is 6.92 Å². The molecule has 0 atom stereocenters. The van der Waals surface area contributed by atoms with Crippen molar-refractivity contribution >= 4 is 34.3 Å². The van der Waals surface area contributed by atoms with Gasteiger partial charge in [-0.3, -0.25) is 0 Å². The van der Waals surface area contributed by atoms with Gasteiger partial charge >= 0.3 is 6.09 Å². The summed E-state index contributed by atoms with van der Waals surface area (Å²) in [5, 5.41) is 4.06. The van der Waals surface area contributed by atoms with E-state index in [1.165, 1.54) is 26.4 Å². The van der Waals surface area contributed by atoms with Gasteiger partial charge in [-0.2, -0.15) is 9.98 Å². The summed E-state index contributed by atoms with van der Waals surface area (Å²) in [5.41, 5.74) is 1.35. The summed E-state index contributed by atoms with van der Waals surface area (Å²) in [6, 6.07) is 9.88. The third-order valence-electron chi connectivity index (χ3n) is 4.96. The summed E-state index contributed by atoms with van der Waals surface area (Å²) in [4.78, 5) is 26.7. The second-order valence-corrected chi connectivity index (χ2v) is 8.67. The Hall–Kier alpha value is -3.77. The fourth-order valence-corrected chi connectivity index (χ4v) is 3.60. The molecule has 1 aromatic heterocycles. The van der Waals surface area contributed by atoms with Crippen LogP contribution in [0.1, 0.15) is 11.5 Å². The van der Waals surface area contributed by atoms with Crippen molar-refractivity contribution in [3.8, 4) is 22.9 Å². The molecule has 2 aromatic carbocycles. The number of ether oxygens (including phenoxy) is 3. The van der Waals surface area contributed by atoms with Gasteiger partial charge < -0.3 is 23.6 Å². The SMILES string of the molecule is COC(=O)N=C(SC)C(=Nc1ccc(-c2noc(C)n2)cc1)c1cc(OC)cc(OCCN(C)C)c1F. The first-order valence-electron chi connectivity index (χ1n) is 11.1. The zero-order chi connectivity index (χ0) is 26.9. The number of aliphatic imine (C=N–C) groups is 2. The lowest BCUT2D eigenvalue weighted by atomic mass is 10.1. The Morgan fingerprint density at radius 2 is 1.92 bits per heavy atom. The van der Waals surface area contributed by atoms with Gasteiger partial charge in [-0.15, -0.1) is 11.8 Å². The lowest BCUT2D eigenvalue weighted by molar-refractivity contribution is 0.183. The molecule has 0 unspecified atom stereocenters. The van der Waals surface area contributed by atoms with Crippen molar-refractivity contribution in [3.05, 3.63) is 53.7 Å². The van der Waals surface area contributed by atoms with Crippen LogP contribution in [0, 0.1) is 12.7 Å². The van der Waals surface area contributed by atoms with Gasteiger partial charge in [-0.1, -0.05) is 5.16 Å². The van der Waals surface area contributed by atoms with E-state index in [0.29, 0.717) is 29.7 Å². The first kappa shape index (κ1) is 27.8. The van der Waals surface area contributed by atoms with Gasteiger partial charge in [0.25, 0.3) is 0 Å². The number of thioether (sulfide) groups is 1. The number of carbonyl (C=O) groups is 1. The third-order valence-corrected chi connectivity index (χ3v) is 5.63. The van der Waals surface area contributed by atoms with E-state index in [-0.39, 0.29) is 28.7 Å². The molecule has 1 heterocycles. The number of aryl methyl sites for hydroxylation is 1. The van der Waals surface area contributed by atoms with E-state index < -0.39 is 11.9 Å². The van der Waals surface area contributed by atoms with E-state index in [9.17, 15) is 4.79 Å². The Labute approximate surface area is 218 Å². The predicted octanol–water partition coefficient (Wildman–Crippen LogP) is 4.78. The molecule has 0 saturated carbocycles. The zero-order valence-electron chi connectivity index (χ0n) is 21.4. The number of amides is 1. The van der Waals surface area contributed by atoms with E-state index in [2.05, 4.69) is 20.1 Å². The van der Waals surface area contributed by atoms with E-state index in [4.69, 9.17) is 18.7 Å². The van der Waals surface area contributed by atoms with Crippen LogP contribution in [0.15, 0.2) is 50.9 Å². The second-order valence-electron chi connectivity index (χ2n) is 7.87. The standard InChI is InChI=1S/C25H28FN5O5S/c1-15-27-23(30-36-15)16-7-9-17(10-8-16)28-22(24(37-6)29-25(32)34-5)19-13-18(33-4)14-20(21(19)26)35-12-11-31(2)3/h7-10,13-14H,11-12H2,1-6H3. The van der Waals surface area contributed by atoms with E-state index in [0.717, 1.165) is 17.3 Å². The topological polar surface area (TPSA) is 112 Å². The minimum Gasteiger partial charge on any atom is -0.497 e. The molecule has 0 aliphatic rings. The molecule has 196 valence electrons. The Balaban J connectivity index is 2.12. The van der Waals surface area contributed by atoms with Crippen LogP contribution < -0.4 is 9.47 Å². The van der Waals surface area contributed by atoms with Gasteiger partial charge in [0.15, 0.2) is 11.6 Å². The number of likely N-dealkylation sites (N-methyl/N-ethyl adjacent to an activating group) is 1. The number of carbonyl (C=O) groups excluding carboxylic acids is 1. The maximum Gasteiger partial charge on any atom is 0.434 e. The summed E-state index contributed by atoms with van der Waals surface area (Å²) in [6.45, 7) is 2.54. The predicted molar refractivity (Wildman–Crippen MR) is 141 cm³/mol. The van der Waals surface area contributed by atoms with E-state index >= 15 is 4.39 Å². The van der Waals surface area contributed by atoms with E-state index in [1.807, 2.05) is 19.0 Å². The molecule has 10 nitrogen and oxygen atoms in total. The van der Waals surface area contributed by atoms with Crippen LogP contribution in [0.5, 0.6) is 11.5 Å². The van der Waals surface area contributed by atoms with Gasteiger partial charge in [0, 0.05) is 30.7 Å². The Bertz CT molecular complexity index is 1290. The summed E-state index contributed by atoms with van der Waals surface area (Å²) in [7, 11) is 6.46. The summed E-state index contributed by atoms with van der Waals surface area (Å²) in [6.07, 6.45) is 0.858. The highest BCUT2D eigenvalue weighted by Crippen LogP contribution is 2.31. The lowest BCUT2D eigenvalue weighted by Gasteiger charge is -2.16. The van der Waals surface area contributed by atoms with Crippen LogP contribution in [0.3, 0.4) is 0 Å². The summed E-state index contributed by atoms with van der Waals surface area (Å²) < 4.78 is 36.6. The molecule has 0 spiro atoms. The van der Waals surface area contributed by atoms with Crippen LogP contribution in [0.4, 0.5) is 14.9 Å². The number of hydrogen-bond donors (Lipinski definition) is 0. The first-order valence-corrected chi connectivity index (χ1v) is 12.3. The van der Waals surface area contributed by atoms with Gasteiger partial charge in [-0.25, -0.2) is 14.2 Å². The molecule has 0 aliphatic heterocycles. The van der Waals surface area contributed by atoms with Crippen molar-refractivity contribution < 1.29 is 27.9 Å². The van der Waals surface area contributed by atoms with Gasteiger partial charge in [0.1, 0.15) is 23.1 Å². The Morgan fingerprint density at radius 3 is 2.49 bits per heavy atom. The van der Waals surface area contributed by atoms with Crippen molar-refractivity contribution in [2.75, 3.05) is 47.7 Å². The first-order chi connectivity index (χ1) is 17.7. The van der Waals surface area contributed by atoms with Crippen LogP contribution in [0.25, 0.3) is 11.4 Å². The molecular weight excluding hydrogens is 501 g/mol. The number of rotatable bonds is 9. The molecule has 1 amide bonds. The average Bonchev–Trinajstić information content (AvgIpc) is 3.33. The molecule has 0 fully saturated rings. The van der Waals surface area contributed by atoms with Gasteiger partial charge in [-0.05, 0) is 50.7 Å². The van der Waals surface area contributed by atoms with Crippen molar-refractivity contribution in [1.82, 2.24) is 15.0 Å². The fraction of sp³-hybridized carbons (Fsp3) is 0.320. The number of aromatic nitrogens is 2. The van der Waals surface area contributed by atoms with Crippen LogP contribution in [-0.2, 0) is 4.74 Å². The highest BCUT2D eigenvalue weighted by atomic mass is 32.2. The minimum absolute atomic E-state index is 0.00903. The molecule has 0 radical (unpaired) electrons. The van der Waals surface area contributed by atoms with Crippen LogP contribution in [0.2, 0.25) is 0 Å². The largest absolute Gasteiger partial charge is 0.497 e. The fourth-order valence-electron chi connectivity index (χ4n) is 3.08. The number of methoxy groups -OCH3 is 2. The highest BCUT2D eigenvalue weighted by molar-refractivity contribution is 8.15. The Kier molecular flexibility index (Phi) is 9.75. The molecule has 0 bridgehead atoms. The molecule has 0 saturated heterocycles. The van der Waals surface area contributed by atoms with Crippen molar-refractivity contribution in [1.29, 1.82) is 0 Å². The quantitative estimate of drug-likeness (QED) is 0.285. The number of hydrogen-bond acceptors (Lipinski definition) is 10. The average molecular weight is 530 g/mol. The molecule has 12 heteroatoms. The maximum absolute atomic E-state index is 15.8. The number of halogens is 1. The minimum atomic E-state index is -0.842. The number of benzene rings is 2. The lowest BCUT2D eigenvalue weighted by Crippen LogP contribution is -2.20. The van der Waals surface area contributed by atoms with Crippen molar-refractivity contribution in [2.24, 2.45) is 9.98 Å². The summed E-state index contributed by atoms with van der Waals surface area (Å²) in [5.74, 6) is 0.558. The van der Waals surface area contributed by atoms with Gasteiger partial charge in [0.05, 0.1) is 19.9 Å². The zero-order valence-corrected chi connectivity index (χ0v) is 22.3. The second kappa shape index (κ2) is 13.0. The monoisotopic (exact) mass is 529 g/mol. The van der Waals surface area contributed by atoms with Crippen LogP contribution in [-0.4, -0.2) is 79.6 Å². The van der Waals surface area contributed by atoms with E-state index in [1.54, 1.807) is 37.4 Å². The molecule has 3 aromatic rings. The van der Waals surface area contributed by atoms with Crippen LogP contribution >= 0.6 is 11.8 Å². The third kappa shape index (κ3) is 7.37. The molecule has 37 heavy (non-hydrogen) atoms. The smallest absolute Gasteiger partial charge is 0.434 e. The van der Waals surface area contributed by atoms with Gasteiger partial charge in [0.2, 0.25) is 11.7 Å². The highest BCUT2D eigenvalue weighted by Gasteiger charge is 2.22. The Morgan fingerprint density at radius 1 is 1.19 bits per heavy atom. The molecule has 3 rings (SSSR count). The molecular formula is C25H28FN5O5S. The van der Waals surface area contributed by atoms with Crippen molar-refractivity contribution in [3.63, 3.8) is 0 Å². The molecule has 0 aliphatic carbocycles. The normalized spacial score (nSPS) is 12.1. The molecule has 0 N–H and O–H groups in total.